The van der Waals surface area contributed by atoms with E-state index in [1.54, 1.807) is 6.34 Å². The van der Waals surface area contributed by atoms with Crippen LogP contribution >= 0.6 is 0 Å². The molecule has 0 aliphatic carbocycles. The second kappa shape index (κ2) is 7.47. The molecule has 0 spiro atoms. The highest BCUT2D eigenvalue weighted by atomic mass is 14.9. The quantitative estimate of drug-likeness (QED) is 0.338. The first-order valence-corrected chi connectivity index (χ1v) is 3.63. The first kappa shape index (κ1) is 8.47. The van der Waals surface area contributed by atoms with E-state index in [4.69, 9.17) is 0 Å². The van der Waals surface area contributed by atoms with Gasteiger partial charge in [-0.15, -0.1) is 0 Å². The zero-order valence-corrected chi connectivity index (χ0v) is 6.35. The molecule has 0 radical (unpaired) electrons. The van der Waals surface area contributed by atoms with Gasteiger partial charge in [-0.2, -0.15) is 0 Å². The molecule has 9 heavy (non-hydrogen) atoms. The van der Waals surface area contributed by atoms with Gasteiger partial charge in [-0.3, -0.25) is 4.99 Å². The fourth-order valence-corrected chi connectivity index (χ4v) is 0.470. The van der Waals surface area contributed by atoms with Gasteiger partial charge in [-0.25, -0.2) is 0 Å². The molecule has 0 aliphatic rings. The van der Waals surface area contributed by atoms with E-state index in [0.29, 0.717) is 0 Å². The third-order valence-corrected chi connectivity index (χ3v) is 1.03. The third-order valence-electron chi connectivity index (χ3n) is 1.03. The summed E-state index contributed by atoms with van der Waals surface area (Å²) in [5.74, 6) is 0. The summed E-state index contributed by atoms with van der Waals surface area (Å²) in [6, 6.07) is 0. The van der Waals surface area contributed by atoms with Crippen molar-refractivity contribution in [3.63, 3.8) is 0 Å². The number of rotatable bonds is 5. The summed E-state index contributed by atoms with van der Waals surface area (Å²) >= 11 is 0. The molecule has 0 fully saturated rings. The van der Waals surface area contributed by atoms with Gasteiger partial charge in [0.2, 0.25) is 0 Å². The number of nitrogens with one attached hydrogen (secondary N) is 1. The van der Waals surface area contributed by atoms with Crippen molar-refractivity contribution >= 4 is 6.34 Å². The fourth-order valence-electron chi connectivity index (χ4n) is 0.470. The van der Waals surface area contributed by atoms with Crippen molar-refractivity contribution in [3.05, 3.63) is 0 Å². The lowest BCUT2D eigenvalue weighted by molar-refractivity contribution is 0.805. The number of nitrogens with zero attached hydrogens (tertiary/aromatic N) is 1. The maximum absolute atomic E-state index is 4.11. The van der Waals surface area contributed by atoms with Crippen LogP contribution in [0.1, 0.15) is 26.7 Å². The molecule has 0 atom stereocenters. The maximum atomic E-state index is 4.11. The molecule has 1 N–H and O–H groups in total. The van der Waals surface area contributed by atoms with E-state index < -0.39 is 0 Å². The summed E-state index contributed by atoms with van der Waals surface area (Å²) in [6.45, 7) is 6.16. The Morgan fingerprint density at radius 1 is 1.44 bits per heavy atom. The molecule has 0 unspecified atom stereocenters. The summed E-state index contributed by atoms with van der Waals surface area (Å²) in [5.41, 5.74) is 0. The molecule has 0 aromatic rings. The lowest BCUT2D eigenvalue weighted by atomic mass is 10.3. The summed E-state index contributed by atoms with van der Waals surface area (Å²) in [4.78, 5) is 4.11. The lowest BCUT2D eigenvalue weighted by Crippen LogP contribution is -2.09. The predicted molar refractivity (Wildman–Crippen MR) is 41.9 cm³/mol. The van der Waals surface area contributed by atoms with Crippen molar-refractivity contribution in [2.24, 2.45) is 4.99 Å². The summed E-state index contributed by atoms with van der Waals surface area (Å²) in [6.07, 6.45) is 4.21. The average molecular weight is 128 g/mol. The molecular weight excluding hydrogens is 112 g/mol. The highest BCUT2D eigenvalue weighted by Gasteiger charge is 1.75. The third kappa shape index (κ3) is 7.47. The van der Waals surface area contributed by atoms with Crippen LogP contribution in [-0.2, 0) is 0 Å². The largest absolute Gasteiger partial charge is 0.377 e. The molecule has 0 rings (SSSR count). The van der Waals surface area contributed by atoms with Crippen LogP contribution in [0.4, 0.5) is 0 Å². The van der Waals surface area contributed by atoms with Gasteiger partial charge in [-0.1, -0.05) is 13.3 Å². The van der Waals surface area contributed by atoms with E-state index in [0.717, 1.165) is 13.1 Å². The molecular formula is C7H16N2. The number of hydrogen-bond donors (Lipinski definition) is 1. The zero-order chi connectivity index (χ0) is 6.95. The van der Waals surface area contributed by atoms with Gasteiger partial charge in [0.25, 0.3) is 0 Å². The van der Waals surface area contributed by atoms with Gasteiger partial charge >= 0.3 is 0 Å². The Bertz CT molecular complexity index is 69.3. The highest BCUT2D eigenvalue weighted by molar-refractivity contribution is 5.53. The van der Waals surface area contributed by atoms with Crippen LogP contribution in [0, 0.1) is 0 Å². The van der Waals surface area contributed by atoms with E-state index in [2.05, 4.69) is 24.2 Å². The topological polar surface area (TPSA) is 24.4 Å². The van der Waals surface area contributed by atoms with Crippen LogP contribution in [0.3, 0.4) is 0 Å². The van der Waals surface area contributed by atoms with Gasteiger partial charge in [0, 0.05) is 13.1 Å². The molecule has 0 aromatic heterocycles. The molecule has 0 bridgehead atoms. The number of unbranched alkanes of at least 4 members (excludes halogenated alkanes) is 1. The summed E-state index contributed by atoms with van der Waals surface area (Å²) < 4.78 is 0. The molecule has 0 saturated carbocycles. The van der Waals surface area contributed by atoms with Gasteiger partial charge < -0.3 is 5.32 Å². The Morgan fingerprint density at radius 3 is 2.78 bits per heavy atom. The summed E-state index contributed by atoms with van der Waals surface area (Å²) in [5, 5.41) is 3.02. The zero-order valence-electron chi connectivity index (χ0n) is 6.35. The normalized spacial score (nSPS) is 10.4. The first-order valence-electron chi connectivity index (χ1n) is 3.63. The van der Waals surface area contributed by atoms with Crippen LogP contribution < -0.4 is 5.32 Å². The van der Waals surface area contributed by atoms with Crippen LogP contribution in [0.5, 0.6) is 0 Å². The van der Waals surface area contributed by atoms with Crippen molar-refractivity contribution in [2.45, 2.75) is 26.7 Å². The molecule has 0 aliphatic heterocycles. The second-order valence-electron chi connectivity index (χ2n) is 1.95. The smallest absolute Gasteiger partial charge is 0.0823 e. The van der Waals surface area contributed by atoms with Crippen molar-refractivity contribution in [2.75, 3.05) is 13.1 Å². The van der Waals surface area contributed by atoms with Crippen molar-refractivity contribution in [3.8, 4) is 0 Å². The maximum Gasteiger partial charge on any atom is 0.0823 e. The van der Waals surface area contributed by atoms with E-state index in [-0.39, 0.29) is 0 Å². The number of aliphatic imine (C=N–C) groups is 1. The minimum atomic E-state index is 0.962. The lowest BCUT2D eigenvalue weighted by Gasteiger charge is -1.90. The Labute approximate surface area is 57.4 Å². The van der Waals surface area contributed by atoms with Crippen LogP contribution in [0.15, 0.2) is 4.99 Å². The van der Waals surface area contributed by atoms with Crippen molar-refractivity contribution < 1.29 is 0 Å². The van der Waals surface area contributed by atoms with Crippen molar-refractivity contribution in [1.82, 2.24) is 5.32 Å². The Morgan fingerprint density at radius 2 is 2.22 bits per heavy atom. The molecule has 2 nitrogen and oxygen atoms in total. The fraction of sp³-hybridized carbons (Fsp3) is 0.857. The van der Waals surface area contributed by atoms with E-state index in [9.17, 15) is 0 Å². The molecule has 54 valence electrons. The molecule has 0 aromatic carbocycles. The molecule has 0 heterocycles. The Hall–Kier alpha value is -0.530. The number of hydrogen-bond acceptors (Lipinski definition) is 1. The molecule has 0 saturated heterocycles. The Kier molecular flexibility index (Phi) is 7.03. The standard InChI is InChI=1S/C7H16N2/c1-3-5-6-9-7-8-4-2/h7H,3-6H2,1-2H3,(H,8,9). The van der Waals surface area contributed by atoms with Crippen LogP contribution in [0.2, 0.25) is 0 Å². The summed E-state index contributed by atoms with van der Waals surface area (Å²) in [7, 11) is 0. The molecule has 0 amide bonds. The highest BCUT2D eigenvalue weighted by Crippen LogP contribution is 1.84. The van der Waals surface area contributed by atoms with Crippen LogP contribution in [0.25, 0.3) is 0 Å². The first-order chi connectivity index (χ1) is 4.41. The van der Waals surface area contributed by atoms with Gasteiger partial charge in [-0.05, 0) is 13.3 Å². The SMILES string of the molecule is CCCCN=CNCC. The minimum absolute atomic E-state index is 0.962. The van der Waals surface area contributed by atoms with E-state index in [1.165, 1.54) is 12.8 Å². The van der Waals surface area contributed by atoms with E-state index in [1.807, 2.05) is 0 Å². The van der Waals surface area contributed by atoms with E-state index >= 15 is 0 Å². The Balaban J connectivity index is 2.86. The molecule has 2 heteroatoms. The minimum Gasteiger partial charge on any atom is -0.377 e. The monoisotopic (exact) mass is 128 g/mol. The second-order valence-corrected chi connectivity index (χ2v) is 1.95. The average Bonchev–Trinajstić information content (AvgIpc) is 1.89. The van der Waals surface area contributed by atoms with Crippen LogP contribution in [-0.4, -0.2) is 19.4 Å². The van der Waals surface area contributed by atoms with Gasteiger partial charge in [0.15, 0.2) is 0 Å². The van der Waals surface area contributed by atoms with Gasteiger partial charge in [0.05, 0.1) is 6.34 Å². The van der Waals surface area contributed by atoms with Gasteiger partial charge in [0.1, 0.15) is 0 Å². The van der Waals surface area contributed by atoms with Crippen molar-refractivity contribution in [1.29, 1.82) is 0 Å². The predicted octanol–water partition coefficient (Wildman–Crippen LogP) is 1.42.